The van der Waals surface area contributed by atoms with Gasteiger partial charge in [-0.05, 0) is 18.9 Å². The lowest BCUT2D eigenvalue weighted by Crippen LogP contribution is -2.58. The van der Waals surface area contributed by atoms with Crippen LogP contribution in [0.2, 0.25) is 0 Å². The molecule has 2 saturated heterocycles. The van der Waals surface area contributed by atoms with Crippen molar-refractivity contribution < 1.29 is 4.79 Å². The van der Waals surface area contributed by atoms with E-state index in [0.29, 0.717) is 5.95 Å². The topological polar surface area (TPSA) is 115 Å². The van der Waals surface area contributed by atoms with Crippen LogP contribution in [0.4, 0.5) is 22.2 Å². The zero-order chi connectivity index (χ0) is 18.8. The highest BCUT2D eigenvalue weighted by molar-refractivity contribution is 5.76. The number of carbonyl (C=O) groups excluding carboxylic acids is 1. The molecule has 2 aliphatic heterocycles. The zero-order valence-corrected chi connectivity index (χ0v) is 15.0. The number of nitrogens with one attached hydrogen (secondary N) is 2. The van der Waals surface area contributed by atoms with Gasteiger partial charge in [-0.2, -0.15) is 15.3 Å². The second-order valence-corrected chi connectivity index (χ2v) is 6.78. The van der Waals surface area contributed by atoms with Gasteiger partial charge in [-0.1, -0.05) is 0 Å². The predicted molar refractivity (Wildman–Crippen MR) is 98.4 cm³/mol. The van der Waals surface area contributed by atoms with Crippen LogP contribution in [-0.4, -0.2) is 62.4 Å². The molecule has 0 aliphatic carbocycles. The smallest absolute Gasteiger partial charge is 0.318 e. The number of aryl methyl sites for hydroxylation is 1. The first-order valence-corrected chi connectivity index (χ1v) is 8.91. The van der Waals surface area contributed by atoms with E-state index in [4.69, 9.17) is 5.26 Å². The SMILES string of the molecule is Cn1cc(Nc2nccc(N3CC4CCC(C3)N4C(=O)NCC#N)n2)cn1. The zero-order valence-electron chi connectivity index (χ0n) is 15.0. The Hall–Kier alpha value is -3.35. The molecular formula is C17H21N9O. The van der Waals surface area contributed by atoms with Crippen molar-refractivity contribution in [1.29, 1.82) is 5.26 Å². The lowest BCUT2D eigenvalue weighted by molar-refractivity contribution is 0.163. The Morgan fingerprint density at radius 1 is 1.37 bits per heavy atom. The molecule has 10 heteroatoms. The number of hydrogen-bond acceptors (Lipinski definition) is 7. The normalized spacial score (nSPS) is 21.0. The van der Waals surface area contributed by atoms with E-state index in [1.165, 1.54) is 0 Å². The van der Waals surface area contributed by atoms with Crippen molar-refractivity contribution in [2.24, 2.45) is 7.05 Å². The van der Waals surface area contributed by atoms with Crippen LogP contribution in [0.15, 0.2) is 24.7 Å². The first-order valence-electron chi connectivity index (χ1n) is 8.91. The number of hydrogen-bond donors (Lipinski definition) is 2. The lowest BCUT2D eigenvalue weighted by Gasteiger charge is -2.41. The third-order valence-electron chi connectivity index (χ3n) is 4.96. The van der Waals surface area contributed by atoms with Crippen LogP contribution < -0.4 is 15.5 Å². The summed E-state index contributed by atoms with van der Waals surface area (Å²) in [7, 11) is 1.85. The maximum Gasteiger partial charge on any atom is 0.318 e. The second-order valence-electron chi connectivity index (χ2n) is 6.78. The summed E-state index contributed by atoms with van der Waals surface area (Å²) in [6.45, 7) is 1.48. The van der Waals surface area contributed by atoms with Gasteiger partial charge in [0, 0.05) is 32.5 Å². The van der Waals surface area contributed by atoms with Crippen molar-refractivity contribution in [2.45, 2.75) is 24.9 Å². The highest BCUT2D eigenvalue weighted by atomic mass is 16.2. The van der Waals surface area contributed by atoms with Crippen molar-refractivity contribution in [3.8, 4) is 6.07 Å². The Labute approximate surface area is 156 Å². The van der Waals surface area contributed by atoms with Gasteiger partial charge in [0.2, 0.25) is 5.95 Å². The van der Waals surface area contributed by atoms with E-state index in [9.17, 15) is 4.79 Å². The minimum absolute atomic E-state index is 0.0355. The number of aromatic nitrogens is 4. The van der Waals surface area contributed by atoms with Gasteiger partial charge in [0.1, 0.15) is 12.4 Å². The van der Waals surface area contributed by atoms with Gasteiger partial charge in [-0.15, -0.1) is 0 Å². The molecule has 2 amide bonds. The van der Waals surface area contributed by atoms with Gasteiger partial charge >= 0.3 is 6.03 Å². The first-order chi connectivity index (χ1) is 13.1. The number of fused-ring (bicyclic) bond motifs is 2. The molecular weight excluding hydrogens is 346 g/mol. The van der Waals surface area contributed by atoms with E-state index in [0.717, 1.165) is 37.4 Å². The number of carbonyl (C=O) groups is 1. The molecule has 2 aromatic rings. The maximum atomic E-state index is 12.3. The fourth-order valence-corrected chi connectivity index (χ4v) is 3.83. The van der Waals surface area contributed by atoms with Gasteiger partial charge in [0.05, 0.1) is 30.0 Å². The third-order valence-corrected chi connectivity index (χ3v) is 4.96. The van der Waals surface area contributed by atoms with E-state index in [1.807, 2.05) is 30.3 Å². The van der Waals surface area contributed by atoms with E-state index < -0.39 is 0 Å². The Morgan fingerprint density at radius 3 is 2.81 bits per heavy atom. The van der Waals surface area contributed by atoms with Crippen LogP contribution in [0.3, 0.4) is 0 Å². The summed E-state index contributed by atoms with van der Waals surface area (Å²) in [6, 6.07) is 3.95. The van der Waals surface area contributed by atoms with E-state index in [2.05, 4.69) is 30.6 Å². The molecule has 2 atom stereocenters. The molecule has 2 fully saturated rings. The Balaban J connectivity index is 1.46. The molecule has 0 spiro atoms. The van der Waals surface area contributed by atoms with Crippen LogP contribution in [-0.2, 0) is 7.05 Å². The fourth-order valence-electron chi connectivity index (χ4n) is 3.83. The van der Waals surface area contributed by atoms with Crippen molar-refractivity contribution >= 4 is 23.5 Å². The number of piperazine rings is 1. The molecule has 4 heterocycles. The van der Waals surface area contributed by atoms with Crippen LogP contribution in [0.1, 0.15) is 12.8 Å². The summed E-state index contributed by atoms with van der Waals surface area (Å²) in [5, 5.41) is 18.6. The van der Waals surface area contributed by atoms with Crippen LogP contribution >= 0.6 is 0 Å². The average Bonchev–Trinajstić information content (AvgIpc) is 3.19. The summed E-state index contributed by atoms with van der Waals surface area (Å²) >= 11 is 0. The van der Waals surface area contributed by atoms with Crippen LogP contribution in [0.25, 0.3) is 0 Å². The molecule has 2 aromatic heterocycles. The first kappa shape index (κ1) is 17.1. The summed E-state index contributed by atoms with van der Waals surface area (Å²) in [5.74, 6) is 1.35. The van der Waals surface area contributed by atoms with Crippen molar-refractivity contribution in [3.63, 3.8) is 0 Å². The van der Waals surface area contributed by atoms with Crippen molar-refractivity contribution in [3.05, 3.63) is 24.7 Å². The number of nitriles is 1. The minimum atomic E-state index is -0.148. The number of amides is 2. The molecule has 10 nitrogen and oxygen atoms in total. The standard InChI is InChI=1S/C17H21N9O/c1-24-9-12(8-21-24)22-16-19-6-4-15(23-16)25-10-13-2-3-14(11-25)26(13)17(27)20-7-5-18/h4,6,8-9,13-14H,2-3,7,10-11H2,1H3,(H,20,27)(H,19,22,23). The molecule has 2 bridgehead atoms. The highest BCUT2D eigenvalue weighted by Gasteiger charge is 2.42. The van der Waals surface area contributed by atoms with Crippen LogP contribution in [0, 0.1) is 11.3 Å². The molecule has 0 saturated carbocycles. The second kappa shape index (κ2) is 7.11. The van der Waals surface area contributed by atoms with Gasteiger partial charge in [0.25, 0.3) is 0 Å². The van der Waals surface area contributed by atoms with Crippen molar-refractivity contribution in [1.82, 2.24) is 30.0 Å². The molecule has 0 radical (unpaired) electrons. The average molecular weight is 367 g/mol. The highest BCUT2D eigenvalue weighted by Crippen LogP contribution is 2.32. The van der Waals surface area contributed by atoms with E-state index in [-0.39, 0.29) is 24.7 Å². The summed E-state index contributed by atoms with van der Waals surface area (Å²) in [4.78, 5) is 25.3. The van der Waals surface area contributed by atoms with E-state index >= 15 is 0 Å². The summed E-state index contributed by atoms with van der Waals surface area (Å²) < 4.78 is 1.71. The Morgan fingerprint density at radius 2 is 2.15 bits per heavy atom. The lowest BCUT2D eigenvalue weighted by atomic mass is 10.2. The fraction of sp³-hybridized carbons (Fsp3) is 0.471. The Bertz CT molecular complexity index is 859. The van der Waals surface area contributed by atoms with Crippen LogP contribution in [0.5, 0.6) is 0 Å². The molecule has 2 aliphatic rings. The number of urea groups is 1. The summed E-state index contributed by atoms with van der Waals surface area (Å²) in [5.41, 5.74) is 0.828. The minimum Gasteiger partial charge on any atom is -0.352 e. The summed E-state index contributed by atoms with van der Waals surface area (Å²) in [6.07, 6.45) is 7.23. The van der Waals surface area contributed by atoms with E-state index in [1.54, 1.807) is 17.1 Å². The third kappa shape index (κ3) is 3.48. The number of nitrogens with zero attached hydrogens (tertiary/aromatic N) is 7. The largest absolute Gasteiger partial charge is 0.352 e. The molecule has 2 N–H and O–H groups in total. The van der Waals surface area contributed by atoms with Gasteiger partial charge in [-0.3, -0.25) is 4.68 Å². The molecule has 2 unspecified atom stereocenters. The molecule has 0 aromatic carbocycles. The molecule has 27 heavy (non-hydrogen) atoms. The number of anilines is 3. The number of rotatable bonds is 4. The van der Waals surface area contributed by atoms with Gasteiger partial charge in [0.15, 0.2) is 0 Å². The van der Waals surface area contributed by atoms with Gasteiger partial charge < -0.3 is 20.4 Å². The predicted octanol–water partition coefficient (Wildman–Crippen LogP) is 0.840. The maximum absolute atomic E-state index is 12.3. The monoisotopic (exact) mass is 367 g/mol. The Kier molecular flexibility index (Phi) is 4.50. The quantitative estimate of drug-likeness (QED) is 0.770. The van der Waals surface area contributed by atoms with Crippen molar-refractivity contribution in [2.75, 3.05) is 29.9 Å². The molecule has 140 valence electrons. The molecule has 4 rings (SSSR count). The van der Waals surface area contributed by atoms with Gasteiger partial charge in [-0.25, -0.2) is 9.78 Å².